The molecule has 20 heteroatoms. The molecule has 1 unspecified atom stereocenters. The van der Waals surface area contributed by atoms with Crippen LogP contribution in [0.15, 0.2) is 48.8 Å². The van der Waals surface area contributed by atoms with E-state index in [9.17, 15) is 57.1 Å². The van der Waals surface area contributed by atoms with Crippen molar-refractivity contribution in [2.75, 3.05) is 6.61 Å². The highest BCUT2D eigenvalue weighted by molar-refractivity contribution is 5.66. The van der Waals surface area contributed by atoms with Crippen LogP contribution in [0.3, 0.4) is 0 Å². The SMILES string of the molecule is CCCCCCCCOc1ccc(-c2cnc(-c3ccc4c(c3F)C(F)(F)C(CC(F)(F)C(F)(F)C(F)(F)C(F)(F)C(F)(F)C(F)(F)F)O4)nc2)cc1. The summed E-state index contributed by atoms with van der Waals surface area (Å²) in [4.78, 5) is 7.78. The lowest BCUT2D eigenvalue weighted by Crippen LogP contribution is -2.70. The van der Waals surface area contributed by atoms with Gasteiger partial charge in [0.15, 0.2) is 11.9 Å². The maximum atomic E-state index is 15.5. The van der Waals surface area contributed by atoms with Gasteiger partial charge in [0, 0.05) is 18.0 Å². The van der Waals surface area contributed by atoms with Crippen LogP contribution in [0.4, 0.5) is 70.2 Å². The van der Waals surface area contributed by atoms with Gasteiger partial charge >= 0.3 is 41.7 Å². The number of nitrogens with zero attached hydrogens (tertiary/aromatic N) is 2. The number of fused-ring (bicyclic) bond motifs is 1. The number of rotatable bonds is 16. The molecule has 0 spiro atoms. The van der Waals surface area contributed by atoms with E-state index in [1.54, 1.807) is 24.3 Å². The molecule has 4 rings (SSSR count). The zero-order chi connectivity index (χ0) is 39.8. The first-order chi connectivity index (χ1) is 24.3. The summed E-state index contributed by atoms with van der Waals surface area (Å²) in [5.41, 5.74) is -1.83. The van der Waals surface area contributed by atoms with Crippen LogP contribution in [0.5, 0.6) is 11.5 Å². The number of hydrogen-bond acceptors (Lipinski definition) is 4. The van der Waals surface area contributed by atoms with Crippen molar-refractivity contribution in [1.29, 1.82) is 0 Å². The number of alkyl halides is 15. The first-order valence-electron chi connectivity index (χ1n) is 15.7. The topological polar surface area (TPSA) is 44.2 Å². The van der Waals surface area contributed by atoms with Gasteiger partial charge in [-0.2, -0.15) is 65.9 Å². The second-order valence-corrected chi connectivity index (χ2v) is 12.2. The lowest BCUT2D eigenvalue weighted by molar-refractivity contribution is -0.441. The van der Waals surface area contributed by atoms with Crippen LogP contribution < -0.4 is 9.47 Å². The minimum atomic E-state index is -8.21. The van der Waals surface area contributed by atoms with E-state index < -0.39 is 82.8 Å². The van der Waals surface area contributed by atoms with Crippen LogP contribution in [-0.2, 0) is 5.92 Å². The minimum absolute atomic E-state index is 0.352. The van der Waals surface area contributed by atoms with Crippen molar-refractivity contribution in [2.45, 2.75) is 99.7 Å². The Hall–Kier alpha value is -4.00. The molecular formula is C33H28F16N2O2. The maximum absolute atomic E-state index is 15.5. The molecule has 294 valence electrons. The largest absolute Gasteiger partial charge is 0.494 e. The molecule has 1 atom stereocenters. The molecule has 1 aliphatic heterocycles. The van der Waals surface area contributed by atoms with Gasteiger partial charge in [-0.15, -0.1) is 0 Å². The molecule has 2 aromatic carbocycles. The predicted octanol–water partition coefficient (Wildman–Crippen LogP) is 11.7. The summed E-state index contributed by atoms with van der Waals surface area (Å²) in [6.45, 7) is 2.61. The monoisotopic (exact) mass is 788 g/mol. The second-order valence-electron chi connectivity index (χ2n) is 12.2. The molecule has 53 heavy (non-hydrogen) atoms. The molecule has 1 aliphatic rings. The Labute approximate surface area is 290 Å². The van der Waals surface area contributed by atoms with Gasteiger partial charge in [-0.05, 0) is 36.2 Å². The van der Waals surface area contributed by atoms with Gasteiger partial charge in [0.05, 0.1) is 18.6 Å². The van der Waals surface area contributed by atoms with Crippen LogP contribution >= 0.6 is 0 Å². The number of benzene rings is 2. The van der Waals surface area contributed by atoms with Gasteiger partial charge in [0.1, 0.15) is 22.9 Å². The summed E-state index contributed by atoms with van der Waals surface area (Å²) in [5, 5.41) is 0. The molecule has 0 radical (unpaired) electrons. The highest BCUT2D eigenvalue weighted by Gasteiger charge is 2.91. The molecule has 3 aromatic rings. The quantitative estimate of drug-likeness (QED) is 0.107. The van der Waals surface area contributed by atoms with Gasteiger partial charge in [0.2, 0.25) is 0 Å². The number of hydrogen-bond donors (Lipinski definition) is 0. The molecule has 4 nitrogen and oxygen atoms in total. The molecule has 1 aromatic heterocycles. The zero-order valence-electron chi connectivity index (χ0n) is 27.1. The second kappa shape index (κ2) is 14.7. The average Bonchev–Trinajstić information content (AvgIpc) is 3.32. The first kappa shape index (κ1) is 41.8. The van der Waals surface area contributed by atoms with Crippen molar-refractivity contribution < 1.29 is 79.7 Å². The average molecular weight is 789 g/mol. The van der Waals surface area contributed by atoms with Crippen LogP contribution in [0.25, 0.3) is 22.5 Å². The summed E-state index contributed by atoms with van der Waals surface area (Å²) in [7, 11) is 0. The van der Waals surface area contributed by atoms with Crippen LogP contribution in [0.2, 0.25) is 0 Å². The van der Waals surface area contributed by atoms with E-state index in [2.05, 4.69) is 21.6 Å². The van der Waals surface area contributed by atoms with Gasteiger partial charge < -0.3 is 9.47 Å². The van der Waals surface area contributed by atoms with Crippen molar-refractivity contribution in [3.63, 3.8) is 0 Å². The Balaban J connectivity index is 1.50. The molecular weight excluding hydrogens is 760 g/mol. The highest BCUT2D eigenvalue weighted by atomic mass is 19.4. The van der Waals surface area contributed by atoms with E-state index in [4.69, 9.17) is 4.74 Å². The third-order valence-corrected chi connectivity index (χ3v) is 8.40. The predicted molar refractivity (Wildman–Crippen MR) is 155 cm³/mol. The summed E-state index contributed by atoms with van der Waals surface area (Å²) >= 11 is 0. The number of halogens is 16. The first-order valence-corrected chi connectivity index (χ1v) is 15.7. The Morgan fingerprint density at radius 3 is 1.79 bits per heavy atom. The Morgan fingerprint density at radius 1 is 0.679 bits per heavy atom. The number of aromatic nitrogens is 2. The van der Waals surface area contributed by atoms with E-state index in [1.807, 2.05) is 0 Å². The van der Waals surface area contributed by atoms with E-state index in [1.165, 1.54) is 0 Å². The normalized spacial score (nSPS) is 16.7. The smallest absolute Gasteiger partial charge is 0.460 e. The van der Waals surface area contributed by atoms with Crippen molar-refractivity contribution in [3.05, 3.63) is 60.2 Å². The van der Waals surface area contributed by atoms with Gasteiger partial charge in [-0.3, -0.25) is 0 Å². The molecule has 0 fully saturated rings. The molecule has 0 saturated carbocycles. The fourth-order valence-corrected chi connectivity index (χ4v) is 5.29. The third-order valence-electron chi connectivity index (χ3n) is 8.40. The Morgan fingerprint density at radius 2 is 1.23 bits per heavy atom. The van der Waals surface area contributed by atoms with E-state index in [-0.39, 0.29) is 0 Å². The van der Waals surface area contributed by atoms with Crippen LogP contribution in [0, 0.1) is 5.82 Å². The molecule has 0 N–H and O–H groups in total. The maximum Gasteiger partial charge on any atom is 0.460 e. The third kappa shape index (κ3) is 7.55. The summed E-state index contributed by atoms with van der Waals surface area (Å²) in [5.74, 6) is -47.5. The van der Waals surface area contributed by atoms with E-state index in [0.717, 1.165) is 50.9 Å². The molecule has 0 bridgehead atoms. The summed E-state index contributed by atoms with van der Waals surface area (Å²) in [6, 6.07) is 7.79. The molecule has 2 heterocycles. The summed E-state index contributed by atoms with van der Waals surface area (Å²) < 4.78 is 232. The lowest BCUT2D eigenvalue weighted by Gasteiger charge is -2.40. The van der Waals surface area contributed by atoms with Crippen molar-refractivity contribution in [1.82, 2.24) is 9.97 Å². The number of ether oxygens (including phenoxy) is 2. The van der Waals surface area contributed by atoms with Gasteiger partial charge in [-0.1, -0.05) is 51.2 Å². The van der Waals surface area contributed by atoms with E-state index in [0.29, 0.717) is 35.6 Å². The fourth-order valence-electron chi connectivity index (χ4n) is 5.29. The van der Waals surface area contributed by atoms with Gasteiger partial charge in [-0.25, -0.2) is 14.4 Å². The Bertz CT molecular complexity index is 1710. The van der Waals surface area contributed by atoms with Crippen molar-refractivity contribution in [2.24, 2.45) is 0 Å². The standard InChI is InChI=1S/C33H28F16N2O2/c1-2-3-4-5-6-7-14-52-20-10-8-18(9-11-20)19-16-50-26(51-17-19)21-12-13-22-24(25(21)34)28(37,38)23(53-22)15-27(35,36)29(39,40)30(41,42)31(43,44)32(45,46)33(47,48)49/h8-13,16-17,23H,2-7,14-15H2,1H3. The minimum Gasteiger partial charge on any atom is -0.494 e. The highest BCUT2D eigenvalue weighted by Crippen LogP contribution is 2.62. The lowest BCUT2D eigenvalue weighted by atomic mass is 9.89. The van der Waals surface area contributed by atoms with Crippen LogP contribution in [-0.4, -0.2) is 58.5 Å². The fraction of sp³-hybridized carbons (Fsp3) is 0.515. The van der Waals surface area contributed by atoms with Crippen molar-refractivity contribution >= 4 is 0 Å². The van der Waals surface area contributed by atoms with Gasteiger partial charge in [0.25, 0.3) is 0 Å². The van der Waals surface area contributed by atoms with E-state index >= 15 is 13.2 Å². The Kier molecular flexibility index (Phi) is 11.6. The van der Waals surface area contributed by atoms with Crippen LogP contribution in [0.1, 0.15) is 57.4 Å². The molecule has 0 aliphatic carbocycles. The number of unbranched alkanes of at least 4 members (excludes halogenated alkanes) is 5. The molecule has 0 amide bonds. The van der Waals surface area contributed by atoms with Crippen molar-refractivity contribution in [3.8, 4) is 34.0 Å². The zero-order valence-corrected chi connectivity index (χ0v) is 27.1. The molecule has 0 saturated heterocycles. The summed E-state index contributed by atoms with van der Waals surface area (Å²) in [6.07, 6.45) is -6.04.